The first-order valence-corrected chi connectivity index (χ1v) is 9.39. The summed E-state index contributed by atoms with van der Waals surface area (Å²) >= 11 is 1.28. The molecule has 3 aromatic heterocycles. The molecule has 0 saturated heterocycles. The third kappa shape index (κ3) is 4.70. The van der Waals surface area contributed by atoms with E-state index in [1.54, 1.807) is 13.0 Å². The van der Waals surface area contributed by atoms with E-state index in [1.807, 2.05) is 6.92 Å². The first-order chi connectivity index (χ1) is 13.5. The molecule has 1 amide bonds. The standard InChI is InChI=1S/C18H19FN4O4S/c1-10-17(26-18(25)20-7-8-24)28-15(22-10)6-4-13-11(2)27-23-16(13)14-5-3-12(19)9-21-14/h3,5,9,24H,4,6-8H2,1-2H3,(H,20,25). The monoisotopic (exact) mass is 406 g/mol. The summed E-state index contributed by atoms with van der Waals surface area (Å²) < 4.78 is 23.6. The zero-order chi connectivity index (χ0) is 20.1. The van der Waals surface area contributed by atoms with E-state index in [1.165, 1.54) is 17.4 Å². The number of amides is 1. The van der Waals surface area contributed by atoms with E-state index in [9.17, 15) is 9.18 Å². The second-order valence-electron chi connectivity index (χ2n) is 5.95. The Hall–Kier alpha value is -2.85. The topological polar surface area (TPSA) is 110 Å². The fourth-order valence-electron chi connectivity index (χ4n) is 2.55. The molecule has 0 aliphatic heterocycles. The zero-order valence-electron chi connectivity index (χ0n) is 15.4. The van der Waals surface area contributed by atoms with Crippen molar-refractivity contribution in [2.24, 2.45) is 0 Å². The summed E-state index contributed by atoms with van der Waals surface area (Å²) in [5.74, 6) is 0.244. The van der Waals surface area contributed by atoms with Crippen molar-refractivity contribution in [3.05, 3.63) is 46.2 Å². The van der Waals surface area contributed by atoms with Crippen molar-refractivity contribution < 1.29 is 23.6 Å². The van der Waals surface area contributed by atoms with Gasteiger partial charge in [-0.1, -0.05) is 16.5 Å². The van der Waals surface area contributed by atoms with Gasteiger partial charge in [-0.15, -0.1) is 0 Å². The van der Waals surface area contributed by atoms with Crippen LogP contribution in [-0.4, -0.2) is 39.5 Å². The second kappa shape index (κ2) is 8.89. The minimum atomic E-state index is -0.633. The molecule has 28 heavy (non-hydrogen) atoms. The Morgan fingerprint density at radius 3 is 2.89 bits per heavy atom. The number of aryl methyl sites for hydroxylation is 3. The Morgan fingerprint density at radius 2 is 2.18 bits per heavy atom. The van der Waals surface area contributed by atoms with Crippen LogP contribution >= 0.6 is 11.3 Å². The molecule has 0 unspecified atom stereocenters. The van der Waals surface area contributed by atoms with Crippen LogP contribution in [0.25, 0.3) is 11.4 Å². The molecular weight excluding hydrogens is 387 g/mol. The molecule has 0 aliphatic carbocycles. The summed E-state index contributed by atoms with van der Waals surface area (Å²) in [4.78, 5) is 20.1. The zero-order valence-corrected chi connectivity index (χ0v) is 16.2. The molecule has 0 fully saturated rings. The molecule has 10 heteroatoms. The van der Waals surface area contributed by atoms with Crippen molar-refractivity contribution in [3.8, 4) is 16.5 Å². The number of hydrogen-bond acceptors (Lipinski definition) is 8. The lowest BCUT2D eigenvalue weighted by Gasteiger charge is -2.02. The molecule has 148 valence electrons. The molecule has 0 aromatic carbocycles. The van der Waals surface area contributed by atoms with Gasteiger partial charge in [0.1, 0.15) is 17.3 Å². The van der Waals surface area contributed by atoms with E-state index < -0.39 is 11.9 Å². The molecule has 0 saturated carbocycles. The highest BCUT2D eigenvalue weighted by Gasteiger charge is 2.18. The first kappa shape index (κ1) is 19.9. The van der Waals surface area contributed by atoms with Crippen LogP contribution in [-0.2, 0) is 12.8 Å². The lowest BCUT2D eigenvalue weighted by atomic mass is 10.1. The number of aliphatic hydroxyl groups excluding tert-OH is 1. The van der Waals surface area contributed by atoms with Crippen molar-refractivity contribution in [1.29, 1.82) is 0 Å². The lowest BCUT2D eigenvalue weighted by Crippen LogP contribution is -2.29. The predicted molar refractivity (Wildman–Crippen MR) is 99.8 cm³/mol. The highest BCUT2D eigenvalue weighted by atomic mass is 32.1. The highest BCUT2D eigenvalue weighted by molar-refractivity contribution is 7.13. The Morgan fingerprint density at radius 1 is 1.36 bits per heavy atom. The fourth-order valence-corrected chi connectivity index (χ4v) is 3.46. The van der Waals surface area contributed by atoms with Crippen LogP contribution in [0.4, 0.5) is 9.18 Å². The fraction of sp³-hybridized carbons (Fsp3) is 0.333. The Balaban J connectivity index is 1.70. The number of hydrogen-bond donors (Lipinski definition) is 2. The number of nitrogens with one attached hydrogen (secondary N) is 1. The van der Waals surface area contributed by atoms with E-state index in [2.05, 4.69) is 20.4 Å². The van der Waals surface area contributed by atoms with E-state index in [-0.39, 0.29) is 13.2 Å². The molecule has 0 aliphatic rings. The number of rotatable bonds is 7. The molecule has 0 spiro atoms. The predicted octanol–water partition coefficient (Wildman–Crippen LogP) is 2.81. The third-order valence-electron chi connectivity index (χ3n) is 3.91. The SMILES string of the molecule is Cc1nc(CCc2c(-c3ccc(F)cn3)noc2C)sc1OC(=O)NCCO. The van der Waals surface area contributed by atoms with Gasteiger partial charge in [0.25, 0.3) is 0 Å². The van der Waals surface area contributed by atoms with Crippen LogP contribution in [0.5, 0.6) is 5.06 Å². The summed E-state index contributed by atoms with van der Waals surface area (Å²) in [5, 5.41) is 16.4. The van der Waals surface area contributed by atoms with Crippen molar-refractivity contribution >= 4 is 17.4 Å². The van der Waals surface area contributed by atoms with Crippen LogP contribution in [0.2, 0.25) is 0 Å². The molecule has 0 atom stereocenters. The Bertz CT molecular complexity index is 955. The number of halogens is 1. The van der Waals surface area contributed by atoms with Crippen LogP contribution in [0.1, 0.15) is 22.0 Å². The summed E-state index contributed by atoms with van der Waals surface area (Å²) in [6.07, 6.45) is 1.68. The van der Waals surface area contributed by atoms with Gasteiger partial charge in [0.05, 0.1) is 29.2 Å². The molecule has 2 N–H and O–H groups in total. The van der Waals surface area contributed by atoms with E-state index >= 15 is 0 Å². The van der Waals surface area contributed by atoms with Gasteiger partial charge in [-0.3, -0.25) is 4.98 Å². The van der Waals surface area contributed by atoms with E-state index in [0.717, 1.165) is 16.8 Å². The van der Waals surface area contributed by atoms with Crippen LogP contribution in [0, 0.1) is 19.7 Å². The Kier molecular flexibility index (Phi) is 6.32. The summed E-state index contributed by atoms with van der Waals surface area (Å²) in [7, 11) is 0. The molecule has 3 aromatic rings. The Labute approximate surface area is 164 Å². The number of pyridine rings is 1. The average Bonchev–Trinajstić information content (AvgIpc) is 3.21. The average molecular weight is 406 g/mol. The lowest BCUT2D eigenvalue weighted by molar-refractivity contribution is 0.196. The molecule has 3 rings (SSSR count). The first-order valence-electron chi connectivity index (χ1n) is 8.58. The number of carbonyl (C=O) groups excluding carboxylic acids is 1. The van der Waals surface area contributed by atoms with Gasteiger partial charge in [0.2, 0.25) is 5.06 Å². The second-order valence-corrected chi connectivity index (χ2v) is 6.99. The quantitative estimate of drug-likeness (QED) is 0.621. The smallest absolute Gasteiger partial charge is 0.397 e. The van der Waals surface area contributed by atoms with Crippen molar-refractivity contribution in [2.75, 3.05) is 13.2 Å². The molecule has 0 bridgehead atoms. The van der Waals surface area contributed by atoms with E-state index in [0.29, 0.717) is 40.7 Å². The van der Waals surface area contributed by atoms with Gasteiger partial charge in [-0.25, -0.2) is 14.2 Å². The summed E-state index contributed by atoms with van der Waals surface area (Å²) in [6.45, 7) is 3.53. The van der Waals surface area contributed by atoms with Gasteiger partial charge < -0.3 is 19.7 Å². The summed E-state index contributed by atoms with van der Waals surface area (Å²) in [5.41, 5.74) is 2.59. The third-order valence-corrected chi connectivity index (χ3v) is 5.00. The maximum absolute atomic E-state index is 13.1. The van der Waals surface area contributed by atoms with Gasteiger partial charge in [-0.05, 0) is 32.4 Å². The number of thiazole rings is 1. The maximum atomic E-state index is 13.1. The minimum absolute atomic E-state index is 0.122. The van der Waals surface area contributed by atoms with E-state index in [4.69, 9.17) is 14.4 Å². The number of aliphatic hydroxyl groups is 1. The molecule has 3 heterocycles. The highest BCUT2D eigenvalue weighted by Crippen LogP contribution is 2.30. The van der Waals surface area contributed by atoms with Gasteiger partial charge >= 0.3 is 6.09 Å². The summed E-state index contributed by atoms with van der Waals surface area (Å²) in [6, 6.07) is 2.88. The van der Waals surface area contributed by atoms with Crippen molar-refractivity contribution in [1.82, 2.24) is 20.4 Å². The minimum Gasteiger partial charge on any atom is -0.397 e. The van der Waals surface area contributed by atoms with Gasteiger partial charge in [-0.2, -0.15) is 0 Å². The van der Waals surface area contributed by atoms with Crippen LogP contribution in [0.15, 0.2) is 22.9 Å². The van der Waals surface area contributed by atoms with Crippen LogP contribution in [0.3, 0.4) is 0 Å². The molecule has 0 radical (unpaired) electrons. The van der Waals surface area contributed by atoms with Gasteiger partial charge in [0, 0.05) is 18.5 Å². The largest absolute Gasteiger partial charge is 0.413 e. The molecule has 8 nitrogen and oxygen atoms in total. The molecular formula is C18H19FN4O4S. The number of aromatic nitrogens is 3. The number of nitrogens with zero attached hydrogens (tertiary/aromatic N) is 3. The maximum Gasteiger partial charge on any atom is 0.413 e. The number of carbonyl (C=O) groups is 1. The van der Waals surface area contributed by atoms with Crippen LogP contribution < -0.4 is 10.1 Å². The van der Waals surface area contributed by atoms with Gasteiger partial charge in [0.15, 0.2) is 0 Å². The normalized spacial score (nSPS) is 10.9. The number of ether oxygens (including phenoxy) is 1. The van der Waals surface area contributed by atoms with Crippen molar-refractivity contribution in [3.63, 3.8) is 0 Å². The van der Waals surface area contributed by atoms with Crippen molar-refractivity contribution in [2.45, 2.75) is 26.7 Å².